The molecule has 1 heterocycles. The number of nitrogens with zero attached hydrogens (tertiary/aromatic N) is 2. The van der Waals surface area contributed by atoms with Crippen molar-refractivity contribution in [2.45, 2.75) is 19.4 Å². The lowest BCUT2D eigenvalue weighted by molar-refractivity contribution is 0.113. The monoisotopic (exact) mass is 245 g/mol. The number of hydrogen-bond donors (Lipinski definition) is 1. The summed E-state index contributed by atoms with van der Waals surface area (Å²) in [4.78, 5) is 9.04. The molecule has 0 fully saturated rings. The third-order valence-electron chi connectivity index (χ3n) is 2.81. The fourth-order valence-corrected chi connectivity index (χ4v) is 1.80. The maximum absolute atomic E-state index is 5.57. The Labute approximate surface area is 107 Å². The summed E-state index contributed by atoms with van der Waals surface area (Å²) in [6.07, 6.45) is 2.85. The quantitative estimate of drug-likeness (QED) is 0.793. The molecule has 4 nitrogen and oxygen atoms in total. The SMILES string of the molecule is CCCOCC(NC)c1cnc2ccccc2n1. The maximum Gasteiger partial charge on any atom is 0.0890 e. The summed E-state index contributed by atoms with van der Waals surface area (Å²) >= 11 is 0. The van der Waals surface area contributed by atoms with Gasteiger partial charge in [-0.1, -0.05) is 19.1 Å². The van der Waals surface area contributed by atoms with E-state index in [1.54, 1.807) is 0 Å². The first-order valence-corrected chi connectivity index (χ1v) is 6.32. The molecule has 0 aliphatic rings. The fraction of sp³-hybridized carbons (Fsp3) is 0.429. The summed E-state index contributed by atoms with van der Waals surface area (Å²) < 4.78 is 5.57. The van der Waals surface area contributed by atoms with Crippen LogP contribution in [0.1, 0.15) is 25.1 Å². The van der Waals surface area contributed by atoms with E-state index in [2.05, 4.69) is 22.2 Å². The second-order valence-corrected chi connectivity index (χ2v) is 4.20. The Hall–Kier alpha value is -1.52. The Morgan fingerprint density at radius 3 is 2.78 bits per heavy atom. The number of aromatic nitrogens is 2. The van der Waals surface area contributed by atoms with E-state index < -0.39 is 0 Å². The Balaban J connectivity index is 2.17. The molecule has 1 aromatic heterocycles. The number of likely N-dealkylation sites (N-methyl/N-ethyl adjacent to an activating group) is 1. The van der Waals surface area contributed by atoms with Crippen LogP contribution in [0.5, 0.6) is 0 Å². The van der Waals surface area contributed by atoms with Gasteiger partial charge in [0.15, 0.2) is 0 Å². The molecule has 1 unspecified atom stereocenters. The van der Waals surface area contributed by atoms with Crippen molar-refractivity contribution in [1.82, 2.24) is 15.3 Å². The van der Waals surface area contributed by atoms with Crippen molar-refractivity contribution < 1.29 is 4.74 Å². The lowest BCUT2D eigenvalue weighted by Crippen LogP contribution is -2.23. The predicted octanol–water partition coefficient (Wildman–Crippen LogP) is 2.32. The second kappa shape index (κ2) is 6.42. The molecular weight excluding hydrogens is 226 g/mol. The van der Waals surface area contributed by atoms with Crippen molar-refractivity contribution in [3.05, 3.63) is 36.2 Å². The van der Waals surface area contributed by atoms with Crippen LogP contribution in [0.25, 0.3) is 11.0 Å². The van der Waals surface area contributed by atoms with E-state index in [0.29, 0.717) is 6.61 Å². The molecule has 0 radical (unpaired) electrons. The first kappa shape index (κ1) is 12.9. The third kappa shape index (κ3) is 3.03. The van der Waals surface area contributed by atoms with E-state index in [9.17, 15) is 0 Å². The fourth-order valence-electron chi connectivity index (χ4n) is 1.80. The smallest absolute Gasteiger partial charge is 0.0890 e. The highest BCUT2D eigenvalue weighted by Crippen LogP contribution is 2.14. The molecule has 96 valence electrons. The highest BCUT2D eigenvalue weighted by Gasteiger charge is 2.11. The lowest BCUT2D eigenvalue weighted by atomic mass is 10.2. The summed E-state index contributed by atoms with van der Waals surface area (Å²) in [5.74, 6) is 0. The molecule has 18 heavy (non-hydrogen) atoms. The van der Waals surface area contributed by atoms with Crippen molar-refractivity contribution in [3.8, 4) is 0 Å². The normalized spacial score (nSPS) is 12.8. The first-order chi connectivity index (χ1) is 8.85. The minimum Gasteiger partial charge on any atom is -0.379 e. The van der Waals surface area contributed by atoms with Crippen molar-refractivity contribution in [2.24, 2.45) is 0 Å². The number of nitrogens with one attached hydrogen (secondary N) is 1. The average molecular weight is 245 g/mol. The van der Waals surface area contributed by atoms with Gasteiger partial charge >= 0.3 is 0 Å². The average Bonchev–Trinajstić information content (AvgIpc) is 2.43. The van der Waals surface area contributed by atoms with Gasteiger partial charge in [-0.15, -0.1) is 0 Å². The van der Waals surface area contributed by atoms with Crippen molar-refractivity contribution in [2.75, 3.05) is 20.3 Å². The van der Waals surface area contributed by atoms with E-state index in [1.807, 2.05) is 37.5 Å². The molecule has 1 N–H and O–H groups in total. The van der Waals surface area contributed by atoms with Gasteiger partial charge in [0.2, 0.25) is 0 Å². The van der Waals surface area contributed by atoms with E-state index in [1.165, 1.54) is 0 Å². The molecule has 0 aliphatic carbocycles. The molecule has 0 spiro atoms. The maximum atomic E-state index is 5.57. The summed E-state index contributed by atoms with van der Waals surface area (Å²) in [6.45, 7) is 3.50. The summed E-state index contributed by atoms with van der Waals surface area (Å²) in [6, 6.07) is 7.98. The van der Waals surface area contributed by atoms with Crippen LogP contribution >= 0.6 is 0 Å². The standard InChI is InChI=1S/C14H19N3O/c1-3-8-18-10-14(15-2)13-9-16-11-6-4-5-7-12(11)17-13/h4-7,9,14-15H,3,8,10H2,1-2H3. The Kier molecular flexibility index (Phi) is 4.61. The van der Waals surface area contributed by atoms with E-state index in [0.717, 1.165) is 29.8 Å². The second-order valence-electron chi connectivity index (χ2n) is 4.20. The van der Waals surface area contributed by atoms with Gasteiger partial charge in [-0.05, 0) is 25.6 Å². The molecule has 2 aromatic rings. The number of rotatable bonds is 6. The van der Waals surface area contributed by atoms with Crippen LogP contribution in [0.2, 0.25) is 0 Å². The highest BCUT2D eigenvalue weighted by atomic mass is 16.5. The van der Waals surface area contributed by atoms with Crippen molar-refractivity contribution in [3.63, 3.8) is 0 Å². The largest absolute Gasteiger partial charge is 0.379 e. The molecule has 0 aliphatic heterocycles. The molecule has 0 saturated heterocycles. The van der Waals surface area contributed by atoms with Gasteiger partial charge in [0, 0.05) is 6.61 Å². The van der Waals surface area contributed by atoms with Gasteiger partial charge in [-0.25, -0.2) is 4.98 Å². The number of benzene rings is 1. The summed E-state index contributed by atoms with van der Waals surface area (Å²) in [5.41, 5.74) is 2.77. The van der Waals surface area contributed by atoms with E-state index in [-0.39, 0.29) is 6.04 Å². The van der Waals surface area contributed by atoms with Crippen molar-refractivity contribution >= 4 is 11.0 Å². The lowest BCUT2D eigenvalue weighted by Gasteiger charge is -2.15. The zero-order valence-electron chi connectivity index (χ0n) is 10.9. The Morgan fingerprint density at radius 1 is 1.28 bits per heavy atom. The molecule has 1 atom stereocenters. The number of hydrogen-bond acceptors (Lipinski definition) is 4. The molecule has 0 bridgehead atoms. The van der Waals surface area contributed by atoms with E-state index in [4.69, 9.17) is 4.74 Å². The highest BCUT2D eigenvalue weighted by molar-refractivity contribution is 5.73. The molecule has 0 saturated carbocycles. The van der Waals surface area contributed by atoms with Crippen LogP contribution in [-0.2, 0) is 4.74 Å². The van der Waals surface area contributed by atoms with Crippen LogP contribution in [-0.4, -0.2) is 30.2 Å². The first-order valence-electron chi connectivity index (χ1n) is 6.32. The molecule has 4 heteroatoms. The van der Waals surface area contributed by atoms with Gasteiger partial charge < -0.3 is 10.1 Å². The Morgan fingerprint density at radius 2 is 2.06 bits per heavy atom. The van der Waals surface area contributed by atoms with Crippen LogP contribution in [0.3, 0.4) is 0 Å². The molecular formula is C14H19N3O. The van der Waals surface area contributed by atoms with Crippen LogP contribution in [0.15, 0.2) is 30.5 Å². The van der Waals surface area contributed by atoms with Crippen LogP contribution in [0.4, 0.5) is 0 Å². The van der Waals surface area contributed by atoms with Crippen LogP contribution < -0.4 is 5.32 Å². The van der Waals surface area contributed by atoms with Gasteiger partial charge in [0.05, 0.1) is 35.6 Å². The summed E-state index contributed by atoms with van der Waals surface area (Å²) in [7, 11) is 1.91. The predicted molar refractivity (Wildman–Crippen MR) is 72.4 cm³/mol. The van der Waals surface area contributed by atoms with Gasteiger partial charge in [-0.3, -0.25) is 4.98 Å². The minimum absolute atomic E-state index is 0.0913. The summed E-state index contributed by atoms with van der Waals surface area (Å²) in [5, 5.41) is 3.21. The number of fused-ring (bicyclic) bond motifs is 1. The van der Waals surface area contributed by atoms with E-state index >= 15 is 0 Å². The number of ether oxygens (including phenoxy) is 1. The van der Waals surface area contributed by atoms with Gasteiger partial charge in [0.1, 0.15) is 0 Å². The molecule has 2 rings (SSSR count). The molecule has 0 amide bonds. The van der Waals surface area contributed by atoms with Crippen molar-refractivity contribution in [1.29, 1.82) is 0 Å². The Bertz CT molecular complexity index is 501. The van der Waals surface area contributed by atoms with Crippen LogP contribution in [0, 0.1) is 0 Å². The molecule has 1 aromatic carbocycles. The zero-order chi connectivity index (χ0) is 12.8. The topological polar surface area (TPSA) is 47.0 Å². The zero-order valence-corrected chi connectivity index (χ0v) is 10.9. The third-order valence-corrected chi connectivity index (χ3v) is 2.81. The number of para-hydroxylation sites is 2. The van der Waals surface area contributed by atoms with Gasteiger partial charge in [0.25, 0.3) is 0 Å². The van der Waals surface area contributed by atoms with Gasteiger partial charge in [-0.2, -0.15) is 0 Å². The minimum atomic E-state index is 0.0913.